The zero-order chi connectivity index (χ0) is 10.9. The second kappa shape index (κ2) is 4.06. The van der Waals surface area contributed by atoms with Crippen molar-refractivity contribution in [1.29, 1.82) is 0 Å². The number of hydrogen-bond donors (Lipinski definition) is 1. The third kappa shape index (κ3) is 2.21. The smallest absolute Gasteiger partial charge is 0.0275 e. The second-order valence-corrected chi connectivity index (χ2v) is 6.29. The van der Waals surface area contributed by atoms with Crippen LogP contribution in [0.25, 0.3) is 0 Å². The van der Waals surface area contributed by atoms with Crippen LogP contribution in [-0.4, -0.2) is 30.1 Å². The maximum absolute atomic E-state index is 5.82. The fourth-order valence-electron chi connectivity index (χ4n) is 3.12. The Morgan fingerprint density at radius 2 is 1.60 bits per heavy atom. The molecule has 0 radical (unpaired) electrons. The molecule has 0 aromatic rings. The zero-order valence-electron chi connectivity index (χ0n) is 10.4. The van der Waals surface area contributed by atoms with Gasteiger partial charge in [0.1, 0.15) is 0 Å². The summed E-state index contributed by atoms with van der Waals surface area (Å²) in [6.45, 7) is 7.94. The van der Waals surface area contributed by atoms with Crippen LogP contribution in [0.3, 0.4) is 0 Å². The maximum Gasteiger partial charge on any atom is 0.0275 e. The molecule has 0 unspecified atom stereocenters. The van der Waals surface area contributed by atoms with Gasteiger partial charge < -0.3 is 5.73 Å². The fourth-order valence-corrected chi connectivity index (χ4v) is 3.12. The van der Waals surface area contributed by atoms with E-state index in [9.17, 15) is 0 Å². The Hall–Kier alpha value is -0.0800. The molecular formula is C13H26N2. The Morgan fingerprint density at radius 3 is 2.07 bits per heavy atom. The highest BCUT2D eigenvalue weighted by Gasteiger charge is 2.46. The lowest BCUT2D eigenvalue weighted by Gasteiger charge is -2.56. The molecule has 2 nitrogen and oxygen atoms in total. The zero-order valence-corrected chi connectivity index (χ0v) is 10.4. The SMILES string of the molecule is CC(C)(CN)N1CC2(CCCCCC2)C1. The molecule has 0 amide bonds. The number of hydrogen-bond acceptors (Lipinski definition) is 2. The third-order valence-electron chi connectivity index (χ3n) is 4.57. The topological polar surface area (TPSA) is 29.3 Å². The maximum atomic E-state index is 5.82. The van der Waals surface area contributed by atoms with Gasteiger partial charge in [-0.1, -0.05) is 25.7 Å². The van der Waals surface area contributed by atoms with Gasteiger partial charge in [-0.25, -0.2) is 0 Å². The normalized spacial score (nSPS) is 27.4. The van der Waals surface area contributed by atoms with Gasteiger partial charge in [0, 0.05) is 25.2 Å². The highest BCUT2D eigenvalue weighted by molar-refractivity contribution is 5.01. The van der Waals surface area contributed by atoms with E-state index >= 15 is 0 Å². The van der Waals surface area contributed by atoms with Crippen LogP contribution in [0.2, 0.25) is 0 Å². The van der Waals surface area contributed by atoms with Crippen LogP contribution in [0.4, 0.5) is 0 Å². The summed E-state index contributed by atoms with van der Waals surface area (Å²) < 4.78 is 0. The molecule has 1 heterocycles. The lowest BCUT2D eigenvalue weighted by atomic mass is 9.71. The largest absolute Gasteiger partial charge is 0.329 e. The van der Waals surface area contributed by atoms with E-state index in [0.29, 0.717) is 5.41 Å². The Morgan fingerprint density at radius 1 is 1.07 bits per heavy atom. The van der Waals surface area contributed by atoms with E-state index in [-0.39, 0.29) is 5.54 Å². The molecule has 1 saturated carbocycles. The summed E-state index contributed by atoms with van der Waals surface area (Å²) in [4.78, 5) is 2.58. The Bertz CT molecular complexity index is 207. The van der Waals surface area contributed by atoms with Gasteiger partial charge in [-0.3, -0.25) is 4.90 Å². The first-order valence-electron chi connectivity index (χ1n) is 6.53. The first-order valence-corrected chi connectivity index (χ1v) is 6.53. The molecule has 1 saturated heterocycles. The van der Waals surface area contributed by atoms with Crippen molar-refractivity contribution in [2.75, 3.05) is 19.6 Å². The minimum absolute atomic E-state index is 0.220. The lowest BCUT2D eigenvalue weighted by Crippen LogP contribution is -2.65. The predicted octanol–water partition coefficient (Wildman–Crippen LogP) is 2.38. The molecule has 88 valence electrons. The summed E-state index contributed by atoms with van der Waals surface area (Å²) in [5.74, 6) is 0. The van der Waals surface area contributed by atoms with Crippen LogP contribution < -0.4 is 5.73 Å². The van der Waals surface area contributed by atoms with Gasteiger partial charge in [0.2, 0.25) is 0 Å². The molecule has 2 heteroatoms. The molecule has 0 aromatic carbocycles. The number of nitrogens with zero attached hydrogens (tertiary/aromatic N) is 1. The van der Waals surface area contributed by atoms with Crippen LogP contribution in [0, 0.1) is 5.41 Å². The van der Waals surface area contributed by atoms with E-state index in [1.807, 2.05) is 0 Å². The minimum atomic E-state index is 0.220. The molecule has 1 aliphatic carbocycles. The van der Waals surface area contributed by atoms with Crippen molar-refractivity contribution >= 4 is 0 Å². The van der Waals surface area contributed by atoms with Crippen molar-refractivity contribution in [2.45, 2.75) is 57.9 Å². The first kappa shape index (κ1) is 11.4. The molecule has 0 atom stereocenters. The summed E-state index contributed by atoms with van der Waals surface area (Å²) in [7, 11) is 0. The van der Waals surface area contributed by atoms with Crippen molar-refractivity contribution in [3.05, 3.63) is 0 Å². The van der Waals surface area contributed by atoms with Gasteiger partial charge >= 0.3 is 0 Å². The molecule has 15 heavy (non-hydrogen) atoms. The quantitative estimate of drug-likeness (QED) is 0.758. The van der Waals surface area contributed by atoms with Crippen molar-refractivity contribution in [1.82, 2.24) is 4.90 Å². The Kier molecular flexibility index (Phi) is 3.09. The Balaban J connectivity index is 1.90. The van der Waals surface area contributed by atoms with Crippen LogP contribution in [0.1, 0.15) is 52.4 Å². The summed E-state index contributed by atoms with van der Waals surface area (Å²) in [6, 6.07) is 0. The van der Waals surface area contributed by atoms with Crippen LogP contribution >= 0.6 is 0 Å². The van der Waals surface area contributed by atoms with Crippen molar-refractivity contribution in [2.24, 2.45) is 11.1 Å². The van der Waals surface area contributed by atoms with Crippen LogP contribution in [0.5, 0.6) is 0 Å². The molecule has 2 N–H and O–H groups in total. The average Bonchev–Trinajstić information content (AvgIpc) is 2.40. The molecule has 0 bridgehead atoms. The highest BCUT2D eigenvalue weighted by Crippen LogP contribution is 2.45. The Labute approximate surface area is 94.2 Å². The van der Waals surface area contributed by atoms with E-state index in [0.717, 1.165) is 6.54 Å². The molecule has 2 fully saturated rings. The summed E-state index contributed by atoms with van der Waals surface area (Å²) in [5.41, 5.74) is 6.73. The number of rotatable bonds is 2. The minimum Gasteiger partial charge on any atom is -0.329 e. The monoisotopic (exact) mass is 210 g/mol. The summed E-state index contributed by atoms with van der Waals surface area (Å²) in [6.07, 6.45) is 8.76. The highest BCUT2D eigenvalue weighted by atomic mass is 15.3. The van der Waals surface area contributed by atoms with Crippen LogP contribution in [0.15, 0.2) is 0 Å². The molecule has 2 rings (SSSR count). The van der Waals surface area contributed by atoms with Gasteiger partial charge in [-0.15, -0.1) is 0 Å². The van der Waals surface area contributed by atoms with Crippen molar-refractivity contribution in [3.63, 3.8) is 0 Å². The molecule has 2 aliphatic rings. The van der Waals surface area contributed by atoms with E-state index in [2.05, 4.69) is 18.7 Å². The molecule has 1 aliphatic heterocycles. The molecule has 0 aromatic heterocycles. The average molecular weight is 210 g/mol. The first-order chi connectivity index (χ1) is 7.08. The third-order valence-corrected chi connectivity index (χ3v) is 4.57. The van der Waals surface area contributed by atoms with Crippen LogP contribution in [-0.2, 0) is 0 Å². The van der Waals surface area contributed by atoms with Crippen molar-refractivity contribution in [3.8, 4) is 0 Å². The van der Waals surface area contributed by atoms with E-state index < -0.39 is 0 Å². The van der Waals surface area contributed by atoms with E-state index in [1.54, 1.807) is 0 Å². The lowest BCUT2D eigenvalue weighted by molar-refractivity contribution is -0.0705. The van der Waals surface area contributed by atoms with Gasteiger partial charge in [0.05, 0.1) is 0 Å². The van der Waals surface area contributed by atoms with Crippen molar-refractivity contribution < 1.29 is 0 Å². The van der Waals surface area contributed by atoms with Gasteiger partial charge in [-0.2, -0.15) is 0 Å². The fraction of sp³-hybridized carbons (Fsp3) is 1.00. The van der Waals surface area contributed by atoms with Gasteiger partial charge in [-0.05, 0) is 32.1 Å². The summed E-state index contributed by atoms with van der Waals surface area (Å²) >= 11 is 0. The second-order valence-electron chi connectivity index (χ2n) is 6.29. The number of likely N-dealkylation sites (tertiary alicyclic amines) is 1. The van der Waals surface area contributed by atoms with Gasteiger partial charge in [0.15, 0.2) is 0 Å². The van der Waals surface area contributed by atoms with E-state index in [1.165, 1.54) is 51.6 Å². The standard InChI is InChI=1S/C13H26N2/c1-12(2,9-14)15-10-13(11-15)7-5-3-4-6-8-13/h3-11,14H2,1-2H3. The number of nitrogens with two attached hydrogens (primary N) is 1. The van der Waals surface area contributed by atoms with E-state index in [4.69, 9.17) is 5.73 Å². The summed E-state index contributed by atoms with van der Waals surface area (Å²) in [5, 5.41) is 0. The predicted molar refractivity (Wildman–Crippen MR) is 64.8 cm³/mol. The molecular weight excluding hydrogens is 184 g/mol. The van der Waals surface area contributed by atoms with Gasteiger partial charge in [0.25, 0.3) is 0 Å². The molecule has 1 spiro atoms.